The SMILES string of the molecule is COc1cccc(F)c1[C@H](C)NC(=O)NCc1ccnc(C)n1. The fourth-order valence-electron chi connectivity index (χ4n) is 2.21. The molecule has 0 fully saturated rings. The molecule has 0 aliphatic heterocycles. The molecule has 1 heterocycles. The highest BCUT2D eigenvalue weighted by Crippen LogP contribution is 2.27. The lowest BCUT2D eigenvalue weighted by Crippen LogP contribution is -2.37. The molecule has 7 heteroatoms. The molecule has 0 aliphatic rings. The van der Waals surface area contributed by atoms with Crippen LogP contribution in [0.15, 0.2) is 30.5 Å². The maximum Gasteiger partial charge on any atom is 0.315 e. The first-order valence-electron chi connectivity index (χ1n) is 7.16. The number of aryl methyl sites for hydroxylation is 1. The second-order valence-electron chi connectivity index (χ2n) is 5.00. The minimum Gasteiger partial charge on any atom is -0.496 e. The van der Waals surface area contributed by atoms with Gasteiger partial charge in [-0.15, -0.1) is 0 Å². The zero-order valence-electron chi connectivity index (χ0n) is 13.3. The lowest BCUT2D eigenvalue weighted by atomic mass is 10.1. The molecule has 2 rings (SSSR count). The first-order valence-corrected chi connectivity index (χ1v) is 7.16. The van der Waals surface area contributed by atoms with Gasteiger partial charge in [0.15, 0.2) is 0 Å². The number of nitrogens with zero attached hydrogens (tertiary/aromatic N) is 2. The molecule has 2 aromatic rings. The van der Waals surface area contributed by atoms with Crippen molar-refractivity contribution in [2.75, 3.05) is 7.11 Å². The fourth-order valence-corrected chi connectivity index (χ4v) is 2.21. The molecular weight excluding hydrogens is 299 g/mol. The molecule has 0 bridgehead atoms. The van der Waals surface area contributed by atoms with E-state index >= 15 is 0 Å². The number of carbonyl (C=O) groups is 1. The molecule has 23 heavy (non-hydrogen) atoms. The largest absolute Gasteiger partial charge is 0.496 e. The second kappa shape index (κ2) is 7.53. The van der Waals surface area contributed by atoms with Gasteiger partial charge in [-0.2, -0.15) is 0 Å². The van der Waals surface area contributed by atoms with Crippen molar-refractivity contribution in [1.29, 1.82) is 0 Å². The van der Waals surface area contributed by atoms with E-state index in [0.29, 0.717) is 22.8 Å². The van der Waals surface area contributed by atoms with Crippen LogP contribution in [0.2, 0.25) is 0 Å². The number of nitrogens with one attached hydrogen (secondary N) is 2. The smallest absolute Gasteiger partial charge is 0.315 e. The maximum absolute atomic E-state index is 14.0. The highest BCUT2D eigenvalue weighted by atomic mass is 19.1. The van der Waals surface area contributed by atoms with E-state index in [-0.39, 0.29) is 6.54 Å². The number of carbonyl (C=O) groups excluding carboxylic acids is 1. The normalized spacial score (nSPS) is 11.7. The number of halogens is 1. The minimum absolute atomic E-state index is 0.260. The van der Waals surface area contributed by atoms with Crippen LogP contribution in [0.3, 0.4) is 0 Å². The van der Waals surface area contributed by atoms with Gasteiger partial charge in [0.25, 0.3) is 0 Å². The van der Waals surface area contributed by atoms with E-state index in [1.807, 2.05) is 0 Å². The van der Waals surface area contributed by atoms with Crippen molar-refractivity contribution in [3.8, 4) is 5.75 Å². The molecule has 1 atom stereocenters. The number of aromatic nitrogens is 2. The van der Waals surface area contributed by atoms with Crippen LogP contribution in [-0.2, 0) is 6.54 Å². The van der Waals surface area contributed by atoms with Crippen molar-refractivity contribution in [1.82, 2.24) is 20.6 Å². The molecule has 2 amide bonds. The van der Waals surface area contributed by atoms with Crippen molar-refractivity contribution in [2.24, 2.45) is 0 Å². The number of rotatable bonds is 5. The Morgan fingerprint density at radius 3 is 2.87 bits per heavy atom. The van der Waals surface area contributed by atoms with E-state index in [1.54, 1.807) is 38.2 Å². The summed E-state index contributed by atoms with van der Waals surface area (Å²) in [5.41, 5.74) is 1.01. The van der Waals surface area contributed by atoms with E-state index in [9.17, 15) is 9.18 Å². The molecule has 0 saturated carbocycles. The van der Waals surface area contributed by atoms with Gasteiger partial charge in [0.2, 0.25) is 0 Å². The molecule has 0 unspecified atom stereocenters. The minimum atomic E-state index is -0.543. The van der Waals surface area contributed by atoms with E-state index < -0.39 is 17.9 Å². The summed E-state index contributed by atoms with van der Waals surface area (Å²) in [5.74, 6) is 0.599. The highest BCUT2D eigenvalue weighted by molar-refractivity contribution is 5.74. The third-order valence-electron chi connectivity index (χ3n) is 3.28. The Kier molecular flexibility index (Phi) is 5.46. The van der Waals surface area contributed by atoms with Gasteiger partial charge in [0.1, 0.15) is 17.4 Å². The van der Waals surface area contributed by atoms with Crippen LogP contribution in [-0.4, -0.2) is 23.1 Å². The number of ether oxygens (including phenoxy) is 1. The van der Waals surface area contributed by atoms with Gasteiger partial charge >= 0.3 is 6.03 Å². The third kappa shape index (κ3) is 4.38. The van der Waals surface area contributed by atoms with Gasteiger partial charge in [-0.3, -0.25) is 0 Å². The molecule has 1 aromatic carbocycles. The number of hydrogen-bond donors (Lipinski definition) is 2. The van der Waals surface area contributed by atoms with Gasteiger partial charge in [-0.05, 0) is 32.0 Å². The van der Waals surface area contributed by atoms with E-state index in [1.165, 1.54) is 13.2 Å². The standard InChI is InChI=1S/C16H19FN4O2/c1-10(15-13(17)5-4-6-14(15)23-3)20-16(22)19-9-12-7-8-18-11(2)21-12/h4-8,10H,9H2,1-3H3,(H2,19,20,22)/t10-/m0/s1. The molecule has 6 nitrogen and oxygen atoms in total. The van der Waals surface area contributed by atoms with Crippen LogP contribution in [0.25, 0.3) is 0 Å². The predicted octanol–water partition coefficient (Wildman–Crippen LogP) is 2.49. The molecule has 1 aromatic heterocycles. The van der Waals surface area contributed by atoms with E-state index in [2.05, 4.69) is 20.6 Å². The molecule has 0 aliphatic carbocycles. The van der Waals surface area contributed by atoms with Crippen LogP contribution in [0.5, 0.6) is 5.75 Å². The van der Waals surface area contributed by atoms with Crippen LogP contribution in [0.4, 0.5) is 9.18 Å². The lowest BCUT2D eigenvalue weighted by Gasteiger charge is -2.18. The van der Waals surface area contributed by atoms with Crippen molar-refractivity contribution < 1.29 is 13.9 Å². The Morgan fingerprint density at radius 2 is 2.17 bits per heavy atom. The Bertz CT molecular complexity index is 694. The fraction of sp³-hybridized carbons (Fsp3) is 0.312. The molecule has 0 spiro atoms. The number of amides is 2. The summed E-state index contributed by atoms with van der Waals surface area (Å²) in [6, 6.07) is 5.30. The molecular formula is C16H19FN4O2. The average Bonchev–Trinajstić information content (AvgIpc) is 2.52. The Morgan fingerprint density at radius 1 is 1.39 bits per heavy atom. The van der Waals surface area contributed by atoms with Gasteiger partial charge in [-0.1, -0.05) is 6.07 Å². The molecule has 0 radical (unpaired) electrons. The Hall–Kier alpha value is -2.70. The van der Waals surface area contributed by atoms with E-state index in [0.717, 1.165) is 0 Å². The van der Waals surface area contributed by atoms with Crippen LogP contribution in [0, 0.1) is 12.7 Å². The third-order valence-corrected chi connectivity index (χ3v) is 3.28. The lowest BCUT2D eigenvalue weighted by molar-refractivity contribution is 0.237. The van der Waals surface area contributed by atoms with Gasteiger partial charge in [0, 0.05) is 6.20 Å². The Balaban J connectivity index is 1.97. The van der Waals surface area contributed by atoms with Gasteiger partial charge in [0.05, 0.1) is 31.0 Å². The monoisotopic (exact) mass is 318 g/mol. The quantitative estimate of drug-likeness (QED) is 0.888. The first kappa shape index (κ1) is 16.7. The molecule has 0 saturated heterocycles. The van der Waals surface area contributed by atoms with Crippen LogP contribution < -0.4 is 15.4 Å². The summed E-state index contributed by atoms with van der Waals surface area (Å²) >= 11 is 0. The summed E-state index contributed by atoms with van der Waals surface area (Å²) in [5, 5.41) is 5.36. The topological polar surface area (TPSA) is 76.1 Å². The van der Waals surface area contributed by atoms with E-state index in [4.69, 9.17) is 4.74 Å². The van der Waals surface area contributed by atoms with Gasteiger partial charge < -0.3 is 15.4 Å². The number of benzene rings is 1. The maximum atomic E-state index is 14.0. The summed E-state index contributed by atoms with van der Waals surface area (Å²) in [6.45, 7) is 3.72. The van der Waals surface area contributed by atoms with Crippen molar-refractivity contribution in [2.45, 2.75) is 26.4 Å². The number of urea groups is 1. The number of hydrogen-bond acceptors (Lipinski definition) is 4. The summed E-state index contributed by atoms with van der Waals surface area (Å²) in [6.07, 6.45) is 1.63. The average molecular weight is 318 g/mol. The highest BCUT2D eigenvalue weighted by Gasteiger charge is 2.18. The van der Waals surface area contributed by atoms with Crippen molar-refractivity contribution >= 4 is 6.03 Å². The van der Waals surface area contributed by atoms with Crippen LogP contribution >= 0.6 is 0 Å². The summed E-state index contributed by atoms with van der Waals surface area (Å²) in [7, 11) is 1.46. The van der Waals surface area contributed by atoms with Crippen molar-refractivity contribution in [3.63, 3.8) is 0 Å². The second-order valence-corrected chi connectivity index (χ2v) is 5.00. The molecule has 2 N–H and O–H groups in total. The molecule has 122 valence electrons. The van der Waals surface area contributed by atoms with Crippen molar-refractivity contribution in [3.05, 3.63) is 53.4 Å². The predicted molar refractivity (Wildman–Crippen MR) is 83.5 cm³/mol. The van der Waals surface area contributed by atoms with Gasteiger partial charge in [-0.25, -0.2) is 19.2 Å². The van der Waals surface area contributed by atoms with Crippen LogP contribution in [0.1, 0.15) is 30.0 Å². The zero-order chi connectivity index (χ0) is 16.8. The summed E-state index contributed by atoms with van der Waals surface area (Å²) in [4.78, 5) is 20.1. The first-order chi connectivity index (χ1) is 11.0. The number of methoxy groups -OCH3 is 1. The summed E-state index contributed by atoms with van der Waals surface area (Å²) < 4.78 is 19.1. The Labute approximate surface area is 134 Å². The zero-order valence-corrected chi connectivity index (χ0v) is 13.3.